The molecule has 36 heavy (non-hydrogen) atoms. The van der Waals surface area contributed by atoms with Gasteiger partial charge in [-0.15, -0.1) is 0 Å². The van der Waals surface area contributed by atoms with E-state index in [2.05, 4.69) is 10.6 Å². The van der Waals surface area contributed by atoms with Gasteiger partial charge in [0.05, 0.1) is 35.0 Å². The van der Waals surface area contributed by atoms with Crippen LogP contribution in [0.1, 0.15) is 30.6 Å². The summed E-state index contributed by atoms with van der Waals surface area (Å²) in [6.45, 7) is 3.59. The molecule has 10 heteroatoms. The first kappa shape index (κ1) is 24.9. The molecule has 4 rings (SSSR count). The Balaban J connectivity index is 1.70. The van der Waals surface area contributed by atoms with E-state index < -0.39 is 34.3 Å². The second kappa shape index (κ2) is 10.2. The molecule has 0 bridgehead atoms. The molecule has 1 unspecified atom stereocenters. The third-order valence-electron chi connectivity index (χ3n) is 5.64. The Kier molecular flexibility index (Phi) is 7.07. The van der Waals surface area contributed by atoms with Gasteiger partial charge in [0.15, 0.2) is 5.78 Å². The van der Waals surface area contributed by atoms with Crippen molar-refractivity contribution in [2.24, 2.45) is 0 Å². The van der Waals surface area contributed by atoms with Crippen molar-refractivity contribution in [3.8, 4) is 5.75 Å². The van der Waals surface area contributed by atoms with E-state index in [4.69, 9.17) is 4.74 Å². The van der Waals surface area contributed by atoms with Crippen LogP contribution < -0.4 is 19.7 Å². The van der Waals surface area contributed by atoms with Gasteiger partial charge in [0.25, 0.3) is 10.0 Å². The Hall–Kier alpha value is -4.18. The molecule has 1 aliphatic heterocycles. The molecule has 0 aromatic heterocycles. The molecule has 3 aromatic carbocycles. The van der Waals surface area contributed by atoms with Gasteiger partial charge in [-0.3, -0.25) is 18.7 Å². The second-order valence-corrected chi connectivity index (χ2v) is 9.90. The van der Waals surface area contributed by atoms with Crippen LogP contribution in [-0.2, 0) is 19.6 Å². The van der Waals surface area contributed by atoms with Crippen LogP contribution in [0.5, 0.6) is 5.75 Å². The maximum absolute atomic E-state index is 13.8. The van der Waals surface area contributed by atoms with Crippen molar-refractivity contribution in [1.82, 2.24) is 0 Å². The molecular formula is C26H25N3O6S. The fraction of sp³-hybridized carbons (Fsp3) is 0.192. The zero-order chi connectivity index (χ0) is 25.9. The quantitative estimate of drug-likeness (QED) is 0.447. The number of ketones is 1. The Morgan fingerprint density at radius 2 is 1.67 bits per heavy atom. The average molecular weight is 508 g/mol. The zero-order valence-electron chi connectivity index (χ0n) is 19.7. The summed E-state index contributed by atoms with van der Waals surface area (Å²) in [5.41, 5.74) is 1.31. The number of benzene rings is 3. The van der Waals surface area contributed by atoms with Crippen molar-refractivity contribution in [3.63, 3.8) is 0 Å². The van der Waals surface area contributed by atoms with Crippen molar-refractivity contribution in [3.05, 3.63) is 78.4 Å². The smallest absolute Gasteiger partial charge is 0.265 e. The highest BCUT2D eigenvalue weighted by Gasteiger charge is 2.42. The van der Waals surface area contributed by atoms with E-state index in [0.717, 1.165) is 4.31 Å². The number of rotatable bonds is 8. The Morgan fingerprint density at radius 3 is 2.36 bits per heavy atom. The number of carbonyl (C=O) groups excluding carboxylic acids is 3. The third kappa shape index (κ3) is 4.94. The summed E-state index contributed by atoms with van der Waals surface area (Å²) in [6.07, 6.45) is -0.439. The van der Waals surface area contributed by atoms with E-state index >= 15 is 0 Å². The second-order valence-electron chi connectivity index (χ2n) is 8.09. The number of nitrogens with zero attached hydrogens (tertiary/aromatic N) is 1. The number of anilines is 3. The number of para-hydroxylation sites is 4. The number of sulfonamides is 1. The van der Waals surface area contributed by atoms with Crippen molar-refractivity contribution in [2.45, 2.75) is 31.2 Å². The molecule has 0 radical (unpaired) electrons. The Labute approximate surface area is 209 Å². The third-order valence-corrected chi connectivity index (χ3v) is 7.48. The van der Waals surface area contributed by atoms with Gasteiger partial charge in [-0.2, -0.15) is 0 Å². The van der Waals surface area contributed by atoms with Gasteiger partial charge in [-0.25, -0.2) is 8.42 Å². The van der Waals surface area contributed by atoms with E-state index in [1.807, 2.05) is 6.92 Å². The van der Waals surface area contributed by atoms with E-state index in [-0.39, 0.29) is 16.4 Å². The monoisotopic (exact) mass is 507 g/mol. The van der Waals surface area contributed by atoms with Gasteiger partial charge in [0.2, 0.25) is 11.8 Å². The fourth-order valence-corrected chi connectivity index (χ4v) is 5.57. The molecule has 2 amide bonds. The number of ether oxygens (including phenoxy) is 1. The highest BCUT2D eigenvalue weighted by Crippen LogP contribution is 2.37. The fourth-order valence-electron chi connectivity index (χ4n) is 3.94. The summed E-state index contributed by atoms with van der Waals surface area (Å²) >= 11 is 0. The first-order chi connectivity index (χ1) is 17.2. The van der Waals surface area contributed by atoms with Gasteiger partial charge < -0.3 is 15.4 Å². The van der Waals surface area contributed by atoms with Crippen LogP contribution in [-0.4, -0.2) is 38.7 Å². The minimum Gasteiger partial charge on any atom is -0.492 e. The average Bonchev–Trinajstić information content (AvgIpc) is 2.85. The molecule has 2 N–H and O–H groups in total. The summed E-state index contributed by atoms with van der Waals surface area (Å²) in [4.78, 5) is 37.6. The van der Waals surface area contributed by atoms with Crippen molar-refractivity contribution in [1.29, 1.82) is 0 Å². The predicted octanol–water partition coefficient (Wildman–Crippen LogP) is 3.83. The molecule has 0 spiro atoms. The van der Waals surface area contributed by atoms with Crippen molar-refractivity contribution in [2.75, 3.05) is 21.5 Å². The molecule has 0 fully saturated rings. The highest BCUT2D eigenvalue weighted by atomic mass is 32.2. The summed E-state index contributed by atoms with van der Waals surface area (Å²) in [5, 5.41) is 5.41. The van der Waals surface area contributed by atoms with E-state index in [9.17, 15) is 22.8 Å². The lowest BCUT2D eigenvalue weighted by Crippen LogP contribution is -2.52. The number of hydrogen-bond acceptors (Lipinski definition) is 6. The van der Waals surface area contributed by atoms with Crippen LogP contribution in [0.2, 0.25) is 0 Å². The summed E-state index contributed by atoms with van der Waals surface area (Å²) in [5.74, 6) is -0.940. The summed E-state index contributed by atoms with van der Waals surface area (Å²) in [7, 11) is -4.28. The molecule has 9 nitrogen and oxygen atoms in total. The molecule has 0 saturated carbocycles. The molecule has 186 valence electrons. The predicted molar refractivity (Wildman–Crippen MR) is 136 cm³/mol. The molecule has 0 aliphatic carbocycles. The topological polar surface area (TPSA) is 122 Å². The number of Topliss-reactive ketones (excluding diaryl/α,β-unsaturated/α-hetero) is 1. The number of amides is 2. The molecular weight excluding hydrogens is 482 g/mol. The number of carbonyl (C=O) groups is 3. The first-order valence-corrected chi connectivity index (χ1v) is 12.7. The standard InChI is InChI=1S/C26H25N3O6S/c1-3-35-24-11-7-5-9-21(24)27-25(31)16-23-26(32)28-20-8-4-6-10-22(20)29(23)36(33,34)19-14-12-18(13-15-19)17(2)30/h4-15,23H,3,16H2,1-2H3,(H,27,31)(H,28,32). The van der Waals surface area contributed by atoms with Crippen molar-refractivity contribution >= 4 is 44.7 Å². The van der Waals surface area contributed by atoms with Gasteiger partial charge in [-0.05, 0) is 50.2 Å². The van der Waals surface area contributed by atoms with Crippen LogP contribution in [0, 0.1) is 0 Å². The van der Waals surface area contributed by atoms with Gasteiger partial charge in [-0.1, -0.05) is 36.4 Å². The first-order valence-electron chi connectivity index (χ1n) is 11.3. The largest absolute Gasteiger partial charge is 0.492 e. The van der Waals surface area contributed by atoms with Crippen LogP contribution in [0.25, 0.3) is 0 Å². The number of nitrogens with one attached hydrogen (secondary N) is 2. The Morgan fingerprint density at radius 1 is 1.00 bits per heavy atom. The van der Waals surface area contributed by atoms with E-state index in [1.165, 1.54) is 31.2 Å². The van der Waals surface area contributed by atoms with Crippen LogP contribution in [0.4, 0.5) is 17.1 Å². The van der Waals surface area contributed by atoms with E-state index in [1.54, 1.807) is 48.5 Å². The van der Waals surface area contributed by atoms with Crippen LogP contribution >= 0.6 is 0 Å². The summed E-state index contributed by atoms with van der Waals surface area (Å²) in [6, 6.07) is 17.4. The number of fused-ring (bicyclic) bond motifs is 1. The zero-order valence-corrected chi connectivity index (χ0v) is 20.5. The minimum absolute atomic E-state index is 0.107. The normalized spacial score (nSPS) is 15.0. The minimum atomic E-state index is -4.28. The maximum atomic E-state index is 13.8. The number of hydrogen-bond donors (Lipinski definition) is 2. The molecule has 3 aromatic rings. The lowest BCUT2D eigenvalue weighted by molar-refractivity contribution is -0.122. The van der Waals surface area contributed by atoms with Gasteiger partial charge in [0.1, 0.15) is 11.8 Å². The molecule has 0 saturated heterocycles. The lowest BCUT2D eigenvalue weighted by atomic mass is 10.1. The van der Waals surface area contributed by atoms with Crippen molar-refractivity contribution < 1.29 is 27.5 Å². The summed E-state index contributed by atoms with van der Waals surface area (Å²) < 4.78 is 34.1. The lowest BCUT2D eigenvalue weighted by Gasteiger charge is -2.36. The van der Waals surface area contributed by atoms with Crippen LogP contribution in [0.15, 0.2) is 77.7 Å². The molecule has 1 aliphatic rings. The van der Waals surface area contributed by atoms with Crippen LogP contribution in [0.3, 0.4) is 0 Å². The van der Waals surface area contributed by atoms with E-state index in [0.29, 0.717) is 29.3 Å². The maximum Gasteiger partial charge on any atom is 0.265 e. The molecule has 1 heterocycles. The SMILES string of the molecule is CCOc1ccccc1NC(=O)CC1C(=O)Nc2ccccc2N1S(=O)(=O)c1ccc(C(C)=O)cc1. The van der Waals surface area contributed by atoms with Gasteiger partial charge in [0, 0.05) is 5.56 Å². The highest BCUT2D eigenvalue weighted by molar-refractivity contribution is 7.93. The molecule has 1 atom stereocenters. The Bertz CT molecular complexity index is 1420. The van der Waals surface area contributed by atoms with Gasteiger partial charge >= 0.3 is 0 Å².